The van der Waals surface area contributed by atoms with E-state index < -0.39 is 0 Å². The second-order valence-electron chi connectivity index (χ2n) is 4.81. The van der Waals surface area contributed by atoms with Gasteiger partial charge < -0.3 is 5.32 Å². The van der Waals surface area contributed by atoms with E-state index in [1.807, 2.05) is 24.3 Å². The molecule has 1 aromatic rings. The van der Waals surface area contributed by atoms with Crippen LogP contribution in [0.5, 0.6) is 0 Å². The van der Waals surface area contributed by atoms with Crippen LogP contribution in [0.2, 0.25) is 0 Å². The van der Waals surface area contributed by atoms with Crippen molar-refractivity contribution in [2.75, 3.05) is 0 Å². The number of para-hydroxylation sites is 1. The highest BCUT2D eigenvalue weighted by Crippen LogP contribution is 2.29. The first kappa shape index (κ1) is 13.3. The fourth-order valence-electron chi connectivity index (χ4n) is 2.36. The van der Waals surface area contributed by atoms with Crippen molar-refractivity contribution in [3.05, 3.63) is 60.8 Å². The first-order valence-corrected chi connectivity index (χ1v) is 6.56. The van der Waals surface area contributed by atoms with Crippen molar-refractivity contribution in [1.29, 1.82) is 0 Å². The minimum atomic E-state index is 0.439. The summed E-state index contributed by atoms with van der Waals surface area (Å²) in [6.07, 6.45) is 7.09. The van der Waals surface area contributed by atoms with Gasteiger partial charge in [-0.3, -0.25) is 4.99 Å². The predicted octanol–water partition coefficient (Wildman–Crippen LogP) is 4.24. The minimum absolute atomic E-state index is 0.439. The molecule has 0 amide bonds. The summed E-state index contributed by atoms with van der Waals surface area (Å²) in [4.78, 5) is 4.05. The number of nitrogens with zero attached hydrogens (tertiary/aromatic N) is 1. The summed E-state index contributed by atoms with van der Waals surface area (Å²) in [5.74, 6) is 0. The van der Waals surface area contributed by atoms with E-state index in [-0.39, 0.29) is 0 Å². The molecule has 2 heteroatoms. The zero-order chi connectivity index (χ0) is 13.7. The summed E-state index contributed by atoms with van der Waals surface area (Å²) in [7, 11) is 0. The van der Waals surface area contributed by atoms with E-state index in [0.29, 0.717) is 6.04 Å². The molecule has 1 N–H and O–H groups in total. The molecule has 2 nitrogen and oxygen atoms in total. The monoisotopic (exact) mass is 252 g/mol. The molecular formula is C17H20N2. The lowest BCUT2D eigenvalue weighted by Gasteiger charge is -2.24. The first-order chi connectivity index (χ1) is 9.24. The van der Waals surface area contributed by atoms with Crippen molar-refractivity contribution < 1.29 is 0 Å². The van der Waals surface area contributed by atoms with Crippen LogP contribution < -0.4 is 5.32 Å². The van der Waals surface area contributed by atoms with Gasteiger partial charge in [-0.1, -0.05) is 37.4 Å². The highest BCUT2D eigenvalue weighted by Gasteiger charge is 2.15. The summed E-state index contributed by atoms with van der Waals surface area (Å²) < 4.78 is 0. The third-order valence-electron chi connectivity index (χ3n) is 3.50. The summed E-state index contributed by atoms with van der Waals surface area (Å²) in [5.41, 5.74) is 4.38. The van der Waals surface area contributed by atoms with E-state index in [9.17, 15) is 0 Å². The molecule has 1 aliphatic heterocycles. The molecule has 1 unspecified atom stereocenters. The number of benzene rings is 1. The van der Waals surface area contributed by atoms with Crippen LogP contribution in [0.1, 0.15) is 24.8 Å². The lowest BCUT2D eigenvalue weighted by molar-refractivity contribution is 0.529. The Morgan fingerprint density at radius 2 is 2.21 bits per heavy atom. The van der Waals surface area contributed by atoms with E-state index in [4.69, 9.17) is 0 Å². The standard InChI is InChI=1S/C17H20N2/c1-4-14-9-10-15(19-12-14)11-13(2)16-7-5-6-8-17(16)18-3/h4-8,12,15,19H,1-3,9-11H2. The number of hydrogen-bond donors (Lipinski definition) is 1. The zero-order valence-corrected chi connectivity index (χ0v) is 11.2. The maximum absolute atomic E-state index is 4.20. The van der Waals surface area contributed by atoms with Gasteiger partial charge in [-0.2, -0.15) is 0 Å². The van der Waals surface area contributed by atoms with Gasteiger partial charge in [0.2, 0.25) is 0 Å². The van der Waals surface area contributed by atoms with E-state index >= 15 is 0 Å². The van der Waals surface area contributed by atoms with Crippen molar-refractivity contribution in [3.63, 3.8) is 0 Å². The van der Waals surface area contributed by atoms with E-state index in [0.717, 1.165) is 36.1 Å². The molecular weight excluding hydrogens is 232 g/mol. The van der Waals surface area contributed by atoms with Gasteiger partial charge in [-0.15, -0.1) is 0 Å². The number of allylic oxidation sites excluding steroid dienone is 2. The van der Waals surface area contributed by atoms with Crippen LogP contribution in [0.15, 0.2) is 60.3 Å². The molecule has 0 aliphatic carbocycles. The molecule has 0 spiro atoms. The van der Waals surface area contributed by atoms with E-state index in [1.54, 1.807) is 0 Å². The second-order valence-corrected chi connectivity index (χ2v) is 4.81. The van der Waals surface area contributed by atoms with Gasteiger partial charge in [0.1, 0.15) is 0 Å². The fraction of sp³-hybridized carbons (Fsp3) is 0.235. The minimum Gasteiger partial charge on any atom is -0.388 e. The second kappa shape index (κ2) is 6.19. The maximum atomic E-state index is 4.20. The van der Waals surface area contributed by atoms with E-state index in [2.05, 4.69) is 42.5 Å². The lowest BCUT2D eigenvalue weighted by Crippen LogP contribution is -2.28. The highest BCUT2D eigenvalue weighted by molar-refractivity contribution is 5.74. The number of aliphatic imine (C=N–C) groups is 1. The average molecular weight is 252 g/mol. The summed E-state index contributed by atoms with van der Waals surface area (Å²) in [6, 6.07) is 8.45. The first-order valence-electron chi connectivity index (χ1n) is 6.56. The molecule has 1 aliphatic rings. The van der Waals surface area contributed by atoms with Crippen LogP contribution >= 0.6 is 0 Å². The Kier molecular flexibility index (Phi) is 4.35. The van der Waals surface area contributed by atoms with Crippen LogP contribution in [0.3, 0.4) is 0 Å². The number of nitrogens with one attached hydrogen (secondary N) is 1. The third-order valence-corrected chi connectivity index (χ3v) is 3.50. The molecule has 2 rings (SSSR count). The van der Waals surface area contributed by atoms with Crippen molar-refractivity contribution in [2.24, 2.45) is 4.99 Å². The van der Waals surface area contributed by atoms with Crippen LogP contribution in [-0.4, -0.2) is 12.8 Å². The van der Waals surface area contributed by atoms with Crippen molar-refractivity contribution in [1.82, 2.24) is 5.32 Å². The molecule has 0 saturated carbocycles. The quantitative estimate of drug-likeness (QED) is 0.779. The Morgan fingerprint density at radius 1 is 1.42 bits per heavy atom. The van der Waals surface area contributed by atoms with Crippen LogP contribution in [0.25, 0.3) is 5.57 Å². The van der Waals surface area contributed by atoms with E-state index in [1.165, 1.54) is 5.57 Å². The molecule has 1 aromatic carbocycles. The fourth-order valence-corrected chi connectivity index (χ4v) is 2.36. The smallest absolute Gasteiger partial charge is 0.0697 e. The maximum Gasteiger partial charge on any atom is 0.0697 e. The van der Waals surface area contributed by atoms with Crippen LogP contribution in [0.4, 0.5) is 5.69 Å². The number of hydrogen-bond acceptors (Lipinski definition) is 2. The van der Waals surface area contributed by atoms with Crippen molar-refractivity contribution in [3.8, 4) is 0 Å². The third kappa shape index (κ3) is 3.22. The SMILES string of the molecule is C=CC1=CNC(CC(=C)c2ccccc2N=C)CC1. The Morgan fingerprint density at radius 3 is 2.84 bits per heavy atom. The molecule has 0 bridgehead atoms. The van der Waals surface area contributed by atoms with Gasteiger partial charge in [0.25, 0.3) is 0 Å². The summed E-state index contributed by atoms with van der Waals surface area (Å²) in [6.45, 7) is 11.6. The van der Waals surface area contributed by atoms with Gasteiger partial charge in [0, 0.05) is 11.6 Å². The Hall–Kier alpha value is -2.09. The van der Waals surface area contributed by atoms with Crippen molar-refractivity contribution in [2.45, 2.75) is 25.3 Å². The van der Waals surface area contributed by atoms with Gasteiger partial charge in [-0.25, -0.2) is 0 Å². The molecule has 0 saturated heterocycles. The Labute approximate surface area is 115 Å². The van der Waals surface area contributed by atoms with Crippen LogP contribution in [-0.2, 0) is 0 Å². The summed E-state index contributed by atoms with van der Waals surface area (Å²) in [5, 5.41) is 3.42. The topological polar surface area (TPSA) is 24.4 Å². The Bertz CT molecular complexity index is 526. The number of rotatable bonds is 5. The molecule has 0 fully saturated rings. The zero-order valence-electron chi connectivity index (χ0n) is 11.2. The summed E-state index contributed by atoms with van der Waals surface area (Å²) >= 11 is 0. The molecule has 1 heterocycles. The normalized spacial score (nSPS) is 18.1. The van der Waals surface area contributed by atoms with Gasteiger partial charge in [-0.05, 0) is 49.4 Å². The molecule has 1 atom stereocenters. The average Bonchev–Trinajstić information content (AvgIpc) is 2.48. The van der Waals surface area contributed by atoms with Gasteiger partial charge in [0.15, 0.2) is 0 Å². The Balaban J connectivity index is 2.04. The molecule has 98 valence electrons. The van der Waals surface area contributed by atoms with Crippen molar-refractivity contribution >= 4 is 18.0 Å². The van der Waals surface area contributed by atoms with Crippen LogP contribution in [0, 0.1) is 0 Å². The highest BCUT2D eigenvalue weighted by atomic mass is 14.9. The van der Waals surface area contributed by atoms with Gasteiger partial charge in [0.05, 0.1) is 5.69 Å². The predicted molar refractivity (Wildman–Crippen MR) is 83.7 cm³/mol. The molecule has 0 aromatic heterocycles. The molecule has 0 radical (unpaired) electrons. The molecule has 19 heavy (non-hydrogen) atoms. The lowest BCUT2D eigenvalue weighted by atomic mass is 9.93. The van der Waals surface area contributed by atoms with Gasteiger partial charge >= 0.3 is 0 Å². The largest absolute Gasteiger partial charge is 0.388 e.